The monoisotopic (exact) mass is 424 g/mol. The Morgan fingerprint density at radius 3 is 2.40 bits per heavy atom. The molecule has 1 aliphatic heterocycles. The first-order valence-electron chi connectivity index (χ1n) is 10.1. The van der Waals surface area contributed by atoms with E-state index >= 15 is 0 Å². The molecule has 0 saturated carbocycles. The van der Waals surface area contributed by atoms with E-state index in [1.165, 1.54) is 17.7 Å². The van der Waals surface area contributed by atoms with E-state index in [1.807, 2.05) is 42.0 Å². The van der Waals surface area contributed by atoms with Crippen molar-refractivity contribution < 1.29 is 9.18 Å². The third-order valence-corrected chi connectivity index (χ3v) is 6.26. The number of hydrogen-bond donors (Lipinski definition) is 1. The minimum atomic E-state index is -0.278. The second-order valence-electron chi connectivity index (χ2n) is 7.48. The van der Waals surface area contributed by atoms with Crippen LogP contribution < -0.4 is 5.32 Å². The van der Waals surface area contributed by atoms with Crippen LogP contribution in [0.1, 0.15) is 22.0 Å². The minimum absolute atomic E-state index is 0.0136. The van der Waals surface area contributed by atoms with Gasteiger partial charge in [-0.2, -0.15) is 0 Å². The van der Waals surface area contributed by atoms with E-state index in [4.69, 9.17) is 0 Å². The topological polar surface area (TPSA) is 48.5 Å². The van der Waals surface area contributed by atoms with Gasteiger partial charge < -0.3 is 5.32 Å². The van der Waals surface area contributed by atoms with Gasteiger partial charge in [0.1, 0.15) is 5.82 Å². The molecule has 4 rings (SSSR count). The highest BCUT2D eigenvalue weighted by Gasteiger charge is 2.22. The Morgan fingerprint density at radius 1 is 1.03 bits per heavy atom. The fourth-order valence-corrected chi connectivity index (χ4v) is 4.49. The zero-order chi connectivity index (χ0) is 20.8. The number of nitrogens with one attached hydrogen (secondary N) is 1. The van der Waals surface area contributed by atoms with Crippen LogP contribution in [0, 0.1) is 5.82 Å². The molecule has 0 aliphatic carbocycles. The standard InChI is InChI=1S/C23H25FN4OS/c24-20-5-3-19(4-6-20)23(21-2-1-15-30-21)26-22(29)17-28-13-11-27(12-14-28)16-18-7-9-25-10-8-18/h1-10,15,23H,11-14,16-17H2,(H,26,29). The number of pyridine rings is 1. The number of carbonyl (C=O) groups is 1. The second kappa shape index (κ2) is 9.93. The highest BCUT2D eigenvalue weighted by Crippen LogP contribution is 2.26. The summed E-state index contributed by atoms with van der Waals surface area (Å²) in [6.07, 6.45) is 3.64. The summed E-state index contributed by atoms with van der Waals surface area (Å²) in [7, 11) is 0. The van der Waals surface area contributed by atoms with E-state index in [9.17, 15) is 9.18 Å². The van der Waals surface area contributed by atoms with Gasteiger partial charge in [0, 0.05) is 50.0 Å². The number of benzene rings is 1. The highest BCUT2D eigenvalue weighted by molar-refractivity contribution is 7.10. The van der Waals surface area contributed by atoms with Crippen molar-refractivity contribution in [1.29, 1.82) is 0 Å². The van der Waals surface area contributed by atoms with Crippen molar-refractivity contribution in [2.24, 2.45) is 0 Å². The zero-order valence-corrected chi connectivity index (χ0v) is 17.5. The van der Waals surface area contributed by atoms with E-state index in [2.05, 4.69) is 20.1 Å². The summed E-state index contributed by atoms with van der Waals surface area (Å²) in [4.78, 5) is 22.5. The maximum Gasteiger partial charge on any atom is 0.234 e. The summed E-state index contributed by atoms with van der Waals surface area (Å²) in [5.74, 6) is -0.292. The molecule has 0 bridgehead atoms. The number of amides is 1. The Kier molecular flexibility index (Phi) is 6.84. The van der Waals surface area contributed by atoms with Gasteiger partial charge in [0.25, 0.3) is 0 Å². The molecule has 30 heavy (non-hydrogen) atoms. The number of halogens is 1. The lowest BCUT2D eigenvalue weighted by Crippen LogP contribution is -2.49. The molecule has 1 saturated heterocycles. The predicted octanol–water partition coefficient (Wildman–Crippen LogP) is 3.31. The van der Waals surface area contributed by atoms with Crippen molar-refractivity contribution in [3.63, 3.8) is 0 Å². The average molecular weight is 425 g/mol. The number of aromatic nitrogens is 1. The Labute approximate surface area is 180 Å². The SMILES string of the molecule is O=C(CN1CCN(Cc2ccncc2)CC1)NC(c1ccc(F)cc1)c1cccs1. The van der Waals surface area contributed by atoms with Gasteiger partial charge in [-0.1, -0.05) is 18.2 Å². The van der Waals surface area contributed by atoms with E-state index in [-0.39, 0.29) is 17.8 Å². The molecule has 1 N–H and O–H groups in total. The molecule has 5 nitrogen and oxygen atoms in total. The summed E-state index contributed by atoms with van der Waals surface area (Å²) in [5.41, 5.74) is 2.14. The van der Waals surface area contributed by atoms with Crippen molar-refractivity contribution in [2.45, 2.75) is 12.6 Å². The van der Waals surface area contributed by atoms with Crippen LogP contribution in [0.5, 0.6) is 0 Å². The molecular weight excluding hydrogens is 399 g/mol. The molecule has 156 valence electrons. The first-order chi connectivity index (χ1) is 14.7. The minimum Gasteiger partial charge on any atom is -0.343 e. The third-order valence-electron chi connectivity index (χ3n) is 5.32. The first kappa shape index (κ1) is 20.7. The second-order valence-corrected chi connectivity index (χ2v) is 8.45. The zero-order valence-electron chi connectivity index (χ0n) is 16.7. The Hall–Kier alpha value is -2.61. The normalized spacial score (nSPS) is 16.3. The van der Waals surface area contributed by atoms with Crippen LogP contribution >= 0.6 is 11.3 Å². The van der Waals surface area contributed by atoms with Gasteiger partial charge in [0.05, 0.1) is 12.6 Å². The highest BCUT2D eigenvalue weighted by atomic mass is 32.1. The van der Waals surface area contributed by atoms with Crippen LogP contribution in [0.3, 0.4) is 0 Å². The molecule has 1 aliphatic rings. The predicted molar refractivity (Wildman–Crippen MR) is 117 cm³/mol. The number of nitrogens with zero attached hydrogens (tertiary/aromatic N) is 3. The van der Waals surface area contributed by atoms with Gasteiger partial charge in [0.15, 0.2) is 0 Å². The molecule has 1 atom stereocenters. The van der Waals surface area contributed by atoms with Crippen molar-refractivity contribution in [2.75, 3.05) is 32.7 Å². The average Bonchev–Trinajstić information content (AvgIpc) is 3.30. The van der Waals surface area contributed by atoms with Crippen molar-refractivity contribution in [3.05, 3.63) is 88.1 Å². The molecular formula is C23H25FN4OS. The third kappa shape index (κ3) is 5.50. The van der Waals surface area contributed by atoms with Crippen LogP contribution in [-0.4, -0.2) is 53.4 Å². The number of thiophene rings is 1. The van der Waals surface area contributed by atoms with E-state index in [0.29, 0.717) is 6.54 Å². The number of piperazine rings is 1. The molecule has 0 radical (unpaired) electrons. The summed E-state index contributed by atoms with van der Waals surface area (Å²) >= 11 is 1.59. The molecule has 3 heterocycles. The van der Waals surface area contributed by atoms with Crippen LogP contribution in [0.15, 0.2) is 66.3 Å². The Balaban J connectivity index is 1.31. The Bertz CT molecular complexity index is 926. The molecule has 7 heteroatoms. The molecule has 2 aromatic heterocycles. The largest absolute Gasteiger partial charge is 0.343 e. The smallest absolute Gasteiger partial charge is 0.234 e. The van der Waals surface area contributed by atoms with Gasteiger partial charge >= 0.3 is 0 Å². The van der Waals surface area contributed by atoms with Crippen molar-refractivity contribution in [3.8, 4) is 0 Å². The molecule has 3 aromatic rings. The maximum absolute atomic E-state index is 13.3. The number of carbonyl (C=O) groups excluding carboxylic acids is 1. The van der Waals surface area contributed by atoms with Crippen LogP contribution in [0.25, 0.3) is 0 Å². The Morgan fingerprint density at radius 2 is 1.73 bits per heavy atom. The number of rotatable bonds is 7. The molecule has 1 unspecified atom stereocenters. The summed E-state index contributed by atoms with van der Waals surface area (Å²) in [6.45, 7) is 4.86. The van der Waals surface area contributed by atoms with Crippen LogP contribution in [0.2, 0.25) is 0 Å². The lowest BCUT2D eigenvalue weighted by Gasteiger charge is -2.34. The van der Waals surface area contributed by atoms with Gasteiger partial charge in [0.2, 0.25) is 5.91 Å². The fraction of sp³-hybridized carbons (Fsp3) is 0.304. The molecule has 1 amide bonds. The lowest BCUT2D eigenvalue weighted by atomic mass is 10.1. The van der Waals surface area contributed by atoms with Gasteiger partial charge in [-0.05, 0) is 46.8 Å². The van der Waals surface area contributed by atoms with Crippen LogP contribution in [0.4, 0.5) is 4.39 Å². The maximum atomic E-state index is 13.3. The first-order valence-corrected chi connectivity index (χ1v) is 11.0. The summed E-state index contributed by atoms with van der Waals surface area (Å²) in [6, 6.07) is 14.1. The van der Waals surface area contributed by atoms with Gasteiger partial charge in [-0.25, -0.2) is 4.39 Å². The van der Waals surface area contributed by atoms with Crippen LogP contribution in [-0.2, 0) is 11.3 Å². The van der Waals surface area contributed by atoms with E-state index in [1.54, 1.807) is 23.5 Å². The molecule has 0 spiro atoms. The van der Waals surface area contributed by atoms with E-state index in [0.717, 1.165) is 43.2 Å². The van der Waals surface area contributed by atoms with E-state index < -0.39 is 0 Å². The summed E-state index contributed by atoms with van der Waals surface area (Å²) < 4.78 is 13.3. The fourth-order valence-electron chi connectivity index (χ4n) is 3.69. The molecule has 1 fully saturated rings. The van der Waals surface area contributed by atoms with Crippen molar-refractivity contribution >= 4 is 17.2 Å². The number of hydrogen-bond acceptors (Lipinski definition) is 5. The summed E-state index contributed by atoms with van der Waals surface area (Å²) in [5, 5.41) is 5.13. The van der Waals surface area contributed by atoms with Gasteiger partial charge in [-0.3, -0.25) is 19.6 Å². The quantitative estimate of drug-likeness (QED) is 0.632. The van der Waals surface area contributed by atoms with Gasteiger partial charge in [-0.15, -0.1) is 11.3 Å². The van der Waals surface area contributed by atoms with Crippen molar-refractivity contribution in [1.82, 2.24) is 20.1 Å². The lowest BCUT2D eigenvalue weighted by molar-refractivity contribution is -0.123. The molecule has 1 aromatic carbocycles.